The molecule has 0 bridgehead atoms. The lowest BCUT2D eigenvalue weighted by Gasteiger charge is -2.19. The fourth-order valence-electron chi connectivity index (χ4n) is 2.07. The van der Waals surface area contributed by atoms with Crippen LogP contribution in [0.25, 0.3) is 10.9 Å². The first-order chi connectivity index (χ1) is 9.24. The normalized spacial score (nSPS) is 13.0. The largest absolute Gasteiger partial charge is 0.392 e. The highest BCUT2D eigenvalue weighted by molar-refractivity contribution is 7.92. The summed E-state index contributed by atoms with van der Waals surface area (Å²) in [6.45, 7) is 5.64. The Hall–Kier alpha value is -1.33. The Balaban J connectivity index is 2.23. The maximum Gasteiger partial charge on any atom is 0.156 e. The van der Waals surface area contributed by atoms with Crippen molar-refractivity contribution in [3.05, 3.63) is 36.0 Å². The number of fused-ring (bicyclic) bond motifs is 1. The Morgan fingerprint density at radius 2 is 1.90 bits per heavy atom. The van der Waals surface area contributed by atoms with Crippen LogP contribution in [0.3, 0.4) is 0 Å². The molecule has 0 spiro atoms. The van der Waals surface area contributed by atoms with Crippen molar-refractivity contribution in [2.45, 2.75) is 38.7 Å². The van der Waals surface area contributed by atoms with Crippen LogP contribution in [0.2, 0.25) is 0 Å². The van der Waals surface area contributed by atoms with Crippen LogP contribution in [0.4, 0.5) is 0 Å². The summed E-state index contributed by atoms with van der Waals surface area (Å²) in [5, 5.41) is 10.1. The summed E-state index contributed by atoms with van der Waals surface area (Å²) in [5.74, 6) is 0.127. The number of aromatic nitrogens is 1. The second-order valence-electron chi connectivity index (χ2n) is 5.99. The van der Waals surface area contributed by atoms with Gasteiger partial charge in [-0.3, -0.25) is 0 Å². The first kappa shape index (κ1) is 15.1. The third kappa shape index (κ3) is 2.88. The van der Waals surface area contributed by atoms with Crippen LogP contribution < -0.4 is 0 Å². The van der Waals surface area contributed by atoms with Gasteiger partial charge in [0.25, 0.3) is 0 Å². The van der Waals surface area contributed by atoms with Crippen molar-refractivity contribution in [2.75, 3.05) is 5.75 Å². The molecule has 0 aliphatic carbocycles. The van der Waals surface area contributed by atoms with Crippen molar-refractivity contribution >= 4 is 20.7 Å². The molecule has 1 aromatic carbocycles. The van der Waals surface area contributed by atoms with Crippen LogP contribution >= 0.6 is 0 Å². The monoisotopic (exact) mass is 295 g/mol. The van der Waals surface area contributed by atoms with Gasteiger partial charge < -0.3 is 9.67 Å². The van der Waals surface area contributed by atoms with Gasteiger partial charge in [0.1, 0.15) is 0 Å². The Morgan fingerprint density at radius 3 is 2.50 bits per heavy atom. The summed E-state index contributed by atoms with van der Waals surface area (Å²) in [6, 6.07) is 7.64. The molecule has 0 radical (unpaired) electrons. The molecule has 20 heavy (non-hydrogen) atoms. The maximum atomic E-state index is 12.1. The molecule has 0 unspecified atom stereocenters. The van der Waals surface area contributed by atoms with E-state index in [4.69, 9.17) is 5.11 Å². The highest BCUT2D eigenvalue weighted by Crippen LogP contribution is 2.20. The summed E-state index contributed by atoms with van der Waals surface area (Å²) in [4.78, 5) is 0. The van der Waals surface area contributed by atoms with Crippen LogP contribution in [-0.4, -0.2) is 28.6 Å². The average Bonchev–Trinajstić information content (AvgIpc) is 2.77. The molecule has 4 nitrogen and oxygen atoms in total. The van der Waals surface area contributed by atoms with E-state index in [1.54, 1.807) is 20.8 Å². The SMILES string of the molecule is CC(C)(C)S(=O)(=O)CCn1ccc2cc(CO)ccc21. The van der Waals surface area contributed by atoms with E-state index < -0.39 is 14.6 Å². The van der Waals surface area contributed by atoms with Crippen LogP contribution in [0, 0.1) is 0 Å². The van der Waals surface area contributed by atoms with Gasteiger partial charge in [-0.15, -0.1) is 0 Å². The molecule has 0 atom stereocenters. The Morgan fingerprint density at radius 1 is 1.20 bits per heavy atom. The van der Waals surface area contributed by atoms with E-state index >= 15 is 0 Å². The highest BCUT2D eigenvalue weighted by Gasteiger charge is 2.28. The molecule has 0 saturated carbocycles. The number of aliphatic hydroxyl groups excluding tert-OH is 1. The van der Waals surface area contributed by atoms with E-state index in [1.807, 2.05) is 35.0 Å². The van der Waals surface area contributed by atoms with Gasteiger partial charge in [-0.2, -0.15) is 0 Å². The first-order valence-electron chi connectivity index (χ1n) is 6.65. The summed E-state index contributed by atoms with van der Waals surface area (Å²) in [5.41, 5.74) is 1.85. The average molecular weight is 295 g/mol. The van der Waals surface area contributed by atoms with Gasteiger partial charge >= 0.3 is 0 Å². The predicted octanol–water partition coefficient (Wildman–Crippen LogP) is 2.35. The lowest BCUT2D eigenvalue weighted by atomic mass is 10.2. The fraction of sp³-hybridized carbons (Fsp3) is 0.467. The number of aryl methyl sites for hydroxylation is 1. The van der Waals surface area contributed by atoms with Gasteiger partial charge in [0.05, 0.1) is 17.1 Å². The van der Waals surface area contributed by atoms with Crippen LogP contribution in [-0.2, 0) is 23.0 Å². The molecule has 2 rings (SSSR count). The standard InChI is InChI=1S/C15H21NO3S/c1-15(2,3)20(18,19)9-8-16-7-6-13-10-12(11-17)4-5-14(13)16/h4-7,10,17H,8-9,11H2,1-3H3. The number of aliphatic hydroxyl groups is 1. The third-order valence-corrected chi connectivity index (χ3v) is 6.14. The second kappa shape index (κ2) is 5.22. The first-order valence-corrected chi connectivity index (χ1v) is 8.31. The molecule has 1 aromatic heterocycles. The smallest absolute Gasteiger partial charge is 0.156 e. The topological polar surface area (TPSA) is 59.3 Å². The Bertz CT molecular complexity index is 708. The van der Waals surface area contributed by atoms with Gasteiger partial charge in [-0.25, -0.2) is 8.42 Å². The molecule has 110 valence electrons. The van der Waals surface area contributed by atoms with Crippen molar-refractivity contribution in [3.63, 3.8) is 0 Å². The van der Waals surface area contributed by atoms with Crippen molar-refractivity contribution < 1.29 is 13.5 Å². The van der Waals surface area contributed by atoms with Crippen LogP contribution in [0.5, 0.6) is 0 Å². The molecule has 0 aliphatic heterocycles. The molecule has 5 heteroatoms. The highest BCUT2D eigenvalue weighted by atomic mass is 32.2. The molecular formula is C15H21NO3S. The number of sulfone groups is 1. The van der Waals surface area contributed by atoms with E-state index in [9.17, 15) is 8.42 Å². The van der Waals surface area contributed by atoms with E-state index in [0.717, 1.165) is 16.5 Å². The van der Waals surface area contributed by atoms with E-state index in [-0.39, 0.29) is 12.4 Å². The summed E-state index contributed by atoms with van der Waals surface area (Å²) in [7, 11) is -3.12. The van der Waals surface area contributed by atoms with Gasteiger partial charge in [-0.05, 0) is 49.9 Å². The third-order valence-electron chi connectivity index (χ3n) is 3.55. The van der Waals surface area contributed by atoms with E-state index in [0.29, 0.717) is 6.54 Å². The quantitative estimate of drug-likeness (QED) is 0.942. The molecule has 0 aliphatic rings. The van der Waals surface area contributed by atoms with Crippen molar-refractivity contribution in [1.82, 2.24) is 4.57 Å². The van der Waals surface area contributed by atoms with Crippen molar-refractivity contribution in [1.29, 1.82) is 0 Å². The molecule has 0 fully saturated rings. The number of hydrogen-bond acceptors (Lipinski definition) is 3. The molecule has 1 N–H and O–H groups in total. The van der Waals surface area contributed by atoms with Gasteiger partial charge in [0, 0.05) is 18.3 Å². The predicted molar refractivity (Wildman–Crippen MR) is 81.4 cm³/mol. The van der Waals surface area contributed by atoms with E-state index in [1.165, 1.54) is 0 Å². The zero-order valence-electron chi connectivity index (χ0n) is 12.1. The zero-order chi connectivity index (χ0) is 15.0. The number of nitrogens with zero attached hydrogens (tertiary/aromatic N) is 1. The van der Waals surface area contributed by atoms with E-state index in [2.05, 4.69) is 0 Å². The minimum absolute atomic E-state index is 0.0134. The number of rotatable bonds is 4. The lowest BCUT2D eigenvalue weighted by Crippen LogP contribution is -2.31. The zero-order valence-corrected chi connectivity index (χ0v) is 12.9. The summed E-state index contributed by atoms with van der Waals surface area (Å²) < 4.78 is 25.5. The molecular weight excluding hydrogens is 274 g/mol. The van der Waals surface area contributed by atoms with Gasteiger partial charge in [0.2, 0.25) is 0 Å². The fourth-order valence-corrected chi connectivity index (χ4v) is 3.12. The lowest BCUT2D eigenvalue weighted by molar-refractivity contribution is 0.282. The molecule has 2 aromatic rings. The van der Waals surface area contributed by atoms with Crippen molar-refractivity contribution in [2.24, 2.45) is 0 Å². The minimum Gasteiger partial charge on any atom is -0.392 e. The Kier molecular flexibility index (Phi) is 3.93. The van der Waals surface area contributed by atoms with Gasteiger partial charge in [-0.1, -0.05) is 6.07 Å². The van der Waals surface area contributed by atoms with Crippen molar-refractivity contribution in [3.8, 4) is 0 Å². The van der Waals surface area contributed by atoms with Crippen LogP contribution in [0.1, 0.15) is 26.3 Å². The summed E-state index contributed by atoms with van der Waals surface area (Å²) in [6.07, 6.45) is 1.89. The van der Waals surface area contributed by atoms with Gasteiger partial charge in [0.15, 0.2) is 9.84 Å². The molecule has 0 saturated heterocycles. The second-order valence-corrected chi connectivity index (χ2v) is 8.85. The molecule has 1 heterocycles. The Labute approximate surface area is 120 Å². The minimum atomic E-state index is -3.12. The number of benzene rings is 1. The van der Waals surface area contributed by atoms with Crippen LogP contribution in [0.15, 0.2) is 30.5 Å². The summed E-state index contributed by atoms with van der Waals surface area (Å²) >= 11 is 0. The maximum absolute atomic E-state index is 12.1. The number of hydrogen-bond donors (Lipinski definition) is 1. The molecule has 0 amide bonds.